The smallest absolute Gasteiger partial charge is 0.110 e. The molecule has 0 amide bonds. The first-order chi connectivity index (χ1) is 6.68. The van der Waals surface area contributed by atoms with Crippen LogP contribution in [-0.2, 0) is 0 Å². The zero-order valence-corrected chi connectivity index (χ0v) is 8.78. The molecular weight excluding hydrogens is 174 g/mol. The fourth-order valence-corrected chi connectivity index (χ4v) is 1.67. The molecule has 0 atom stereocenters. The van der Waals surface area contributed by atoms with Crippen LogP contribution >= 0.6 is 0 Å². The van der Waals surface area contributed by atoms with Crippen molar-refractivity contribution in [2.45, 2.75) is 13.8 Å². The average Bonchev–Trinajstić information content (AvgIpc) is 2.47. The summed E-state index contributed by atoms with van der Waals surface area (Å²) in [5.74, 6) is 1.53. The number of hydrogen-bond acceptors (Lipinski definition) is 2. The predicted octanol–water partition coefficient (Wildman–Crippen LogP) is 0.491. The Labute approximate surface area is 83.5 Å². The van der Waals surface area contributed by atoms with Gasteiger partial charge in [0.1, 0.15) is 5.84 Å². The molecule has 1 aliphatic heterocycles. The molecule has 1 aromatic rings. The van der Waals surface area contributed by atoms with Crippen LogP contribution in [0.2, 0.25) is 0 Å². The minimum Gasteiger partial charge on any atom is -0.360 e. The normalized spacial score (nSPS) is 15.4. The highest BCUT2D eigenvalue weighted by Crippen LogP contribution is 2.03. The molecular formula is C11H15N3. The molecule has 74 valence electrons. The van der Waals surface area contributed by atoms with Gasteiger partial charge in [0.15, 0.2) is 0 Å². The van der Waals surface area contributed by atoms with Crippen molar-refractivity contribution >= 4 is 18.2 Å². The van der Waals surface area contributed by atoms with Crippen molar-refractivity contribution in [1.29, 1.82) is 0 Å². The third-order valence-corrected chi connectivity index (χ3v) is 2.35. The Bertz CT molecular complexity index is 465. The maximum Gasteiger partial charge on any atom is 0.110 e. The van der Waals surface area contributed by atoms with E-state index in [-0.39, 0.29) is 0 Å². The maximum absolute atomic E-state index is 4.47. The summed E-state index contributed by atoms with van der Waals surface area (Å²) < 4.78 is 0. The Morgan fingerprint density at radius 3 is 2.93 bits per heavy atom. The summed E-state index contributed by atoms with van der Waals surface area (Å²) in [4.78, 5) is 9.71. The first-order valence-electron chi connectivity index (χ1n) is 4.84. The topological polar surface area (TPSA) is 31.4 Å². The molecule has 0 aromatic carbocycles. The second kappa shape index (κ2) is 3.33. The van der Waals surface area contributed by atoms with Crippen molar-refractivity contribution in [2.24, 2.45) is 10.9 Å². The summed E-state index contributed by atoms with van der Waals surface area (Å²) in [5, 5.41) is 2.26. The van der Waals surface area contributed by atoms with Crippen molar-refractivity contribution < 1.29 is 0 Å². The monoisotopic (exact) mass is 189 g/mol. The van der Waals surface area contributed by atoms with Crippen LogP contribution in [0.3, 0.4) is 0 Å². The van der Waals surface area contributed by atoms with E-state index >= 15 is 0 Å². The molecule has 0 spiro atoms. The molecule has 0 unspecified atom stereocenters. The fourth-order valence-electron chi connectivity index (χ4n) is 1.67. The van der Waals surface area contributed by atoms with Crippen LogP contribution in [0, 0.1) is 5.92 Å². The van der Waals surface area contributed by atoms with E-state index in [4.69, 9.17) is 0 Å². The van der Waals surface area contributed by atoms with Crippen molar-refractivity contribution in [1.82, 2.24) is 9.88 Å². The van der Waals surface area contributed by atoms with Gasteiger partial charge in [-0.25, -0.2) is 4.99 Å². The number of aliphatic imine (C=N–C) groups is 1. The van der Waals surface area contributed by atoms with E-state index in [1.807, 2.05) is 19.4 Å². The van der Waals surface area contributed by atoms with Crippen LogP contribution in [-0.4, -0.2) is 22.8 Å². The van der Waals surface area contributed by atoms with Gasteiger partial charge in [-0.2, -0.15) is 0 Å². The van der Waals surface area contributed by atoms with Crippen LogP contribution in [0.1, 0.15) is 13.8 Å². The highest BCUT2D eigenvalue weighted by molar-refractivity contribution is 5.89. The molecule has 1 aromatic heterocycles. The van der Waals surface area contributed by atoms with Crippen molar-refractivity contribution in [3.63, 3.8) is 0 Å². The summed E-state index contributed by atoms with van der Waals surface area (Å²) in [6, 6.07) is 2.06. The van der Waals surface area contributed by atoms with Crippen LogP contribution in [0.4, 0.5) is 0 Å². The average molecular weight is 189 g/mol. The Morgan fingerprint density at radius 1 is 1.43 bits per heavy atom. The van der Waals surface area contributed by atoms with Gasteiger partial charge >= 0.3 is 0 Å². The number of fused-ring (bicyclic) bond motifs is 1. The third kappa shape index (κ3) is 1.45. The van der Waals surface area contributed by atoms with Crippen molar-refractivity contribution in [3.05, 3.63) is 22.8 Å². The van der Waals surface area contributed by atoms with Gasteiger partial charge in [0, 0.05) is 30.6 Å². The molecule has 0 bridgehead atoms. The van der Waals surface area contributed by atoms with E-state index in [1.54, 1.807) is 0 Å². The van der Waals surface area contributed by atoms with Gasteiger partial charge in [0.25, 0.3) is 0 Å². The van der Waals surface area contributed by atoms with Crippen molar-refractivity contribution in [3.8, 4) is 0 Å². The highest BCUT2D eigenvalue weighted by Gasteiger charge is 2.09. The molecule has 1 aliphatic rings. The second-order valence-corrected chi connectivity index (χ2v) is 3.86. The Hall–Kier alpha value is -1.51. The molecule has 3 nitrogen and oxygen atoms in total. The minimum atomic E-state index is 0.441. The van der Waals surface area contributed by atoms with Gasteiger partial charge < -0.3 is 9.88 Å². The van der Waals surface area contributed by atoms with Crippen LogP contribution < -0.4 is 10.6 Å². The zero-order chi connectivity index (χ0) is 10.1. The summed E-state index contributed by atoms with van der Waals surface area (Å²) in [6.07, 6.45) is 5.93. The number of H-pyrrole nitrogens is 1. The lowest BCUT2D eigenvalue weighted by Crippen LogP contribution is -2.28. The molecule has 1 N–H and O–H groups in total. The maximum atomic E-state index is 4.47. The Kier molecular flexibility index (Phi) is 2.15. The number of hydrogen-bond donors (Lipinski definition) is 1. The lowest BCUT2D eigenvalue weighted by atomic mass is 10.2. The van der Waals surface area contributed by atoms with E-state index < -0.39 is 0 Å². The molecule has 0 fully saturated rings. The van der Waals surface area contributed by atoms with E-state index in [1.165, 1.54) is 5.22 Å². The molecule has 0 saturated heterocycles. The first-order valence-corrected chi connectivity index (χ1v) is 4.84. The van der Waals surface area contributed by atoms with E-state index in [0.29, 0.717) is 5.92 Å². The SMILES string of the molecule is CC(C)C1=NC=c2[nH]ccc2=CN1C. The fraction of sp³-hybridized carbons (Fsp3) is 0.364. The van der Waals surface area contributed by atoms with E-state index in [0.717, 1.165) is 11.2 Å². The van der Waals surface area contributed by atoms with Crippen LogP contribution in [0.5, 0.6) is 0 Å². The lowest BCUT2D eigenvalue weighted by molar-refractivity contribution is 0.669. The number of rotatable bonds is 1. The quantitative estimate of drug-likeness (QED) is 0.685. The second-order valence-electron chi connectivity index (χ2n) is 3.86. The lowest BCUT2D eigenvalue weighted by Gasteiger charge is -2.18. The van der Waals surface area contributed by atoms with E-state index in [9.17, 15) is 0 Å². The summed E-state index contributed by atoms with van der Waals surface area (Å²) in [5.41, 5.74) is 0. The minimum absolute atomic E-state index is 0.441. The van der Waals surface area contributed by atoms with Crippen molar-refractivity contribution in [2.75, 3.05) is 7.05 Å². The molecule has 14 heavy (non-hydrogen) atoms. The number of aromatic amines is 1. The highest BCUT2D eigenvalue weighted by atomic mass is 15.2. The molecule has 0 aliphatic carbocycles. The van der Waals surface area contributed by atoms with Gasteiger partial charge in [-0.3, -0.25) is 0 Å². The van der Waals surface area contributed by atoms with Gasteiger partial charge in [0.05, 0.1) is 11.5 Å². The van der Waals surface area contributed by atoms with Gasteiger partial charge in [0.2, 0.25) is 0 Å². The number of amidine groups is 1. The van der Waals surface area contributed by atoms with Crippen LogP contribution in [0.25, 0.3) is 12.4 Å². The molecule has 0 radical (unpaired) electrons. The largest absolute Gasteiger partial charge is 0.360 e. The predicted molar refractivity (Wildman–Crippen MR) is 59.0 cm³/mol. The standard InChI is InChI=1S/C11H15N3/c1-8(2)11-13-6-10-9(4-5-12-10)7-14(11)3/h4-8,12H,1-3H3. The summed E-state index contributed by atoms with van der Waals surface area (Å²) >= 11 is 0. The zero-order valence-electron chi connectivity index (χ0n) is 8.78. The molecule has 2 rings (SSSR count). The summed E-state index contributed by atoms with van der Waals surface area (Å²) in [6.45, 7) is 4.30. The number of nitrogens with zero attached hydrogens (tertiary/aromatic N) is 2. The summed E-state index contributed by atoms with van der Waals surface area (Å²) in [7, 11) is 2.04. The first kappa shape index (κ1) is 9.06. The molecule has 3 heteroatoms. The van der Waals surface area contributed by atoms with Gasteiger partial charge in [-0.15, -0.1) is 0 Å². The molecule has 0 saturated carbocycles. The van der Waals surface area contributed by atoms with Gasteiger partial charge in [-0.05, 0) is 6.07 Å². The van der Waals surface area contributed by atoms with E-state index in [2.05, 4.69) is 41.0 Å². The Morgan fingerprint density at radius 2 is 2.21 bits per heavy atom. The van der Waals surface area contributed by atoms with Gasteiger partial charge in [-0.1, -0.05) is 13.8 Å². The third-order valence-electron chi connectivity index (χ3n) is 2.35. The number of nitrogens with one attached hydrogen (secondary N) is 1. The van der Waals surface area contributed by atoms with Crippen LogP contribution in [0.15, 0.2) is 17.3 Å². The number of aromatic nitrogens is 1. The Balaban J connectivity index is 2.56. The molecule has 2 heterocycles.